The number of carbonyl (C=O) groups is 12. The van der Waals surface area contributed by atoms with Gasteiger partial charge in [0, 0.05) is 94.0 Å². The minimum absolute atomic E-state index is 0. The molecule has 0 unspecified atom stereocenters. The molecule has 11 amide bonds. The molecule has 0 spiro atoms. The molecule has 1 aromatic carbocycles. The topological polar surface area (TPSA) is 296 Å². The number of nitrogens with one attached hydrogen (secondary N) is 4. The summed E-state index contributed by atoms with van der Waals surface area (Å²) in [5.74, 6) is -9.67. The number of aliphatic hydroxyl groups is 1. The summed E-state index contributed by atoms with van der Waals surface area (Å²) in [6.45, 7) is 33.6. The average molecular weight is 1620 g/mol. The number of Topliss-reactive ketones (excluding diaryl/α,β-unsaturated/α-hetero) is 1. The van der Waals surface area contributed by atoms with Crippen LogP contribution in [0.25, 0.3) is 0 Å². The fourth-order valence-electron chi connectivity index (χ4n) is 12.1. The number of amides is 11. The molecule has 0 saturated carbocycles. The maximum absolute atomic E-state index is 15.4. The van der Waals surface area contributed by atoms with E-state index in [-0.39, 0.29) is 123 Å². The minimum atomic E-state index is -1.70. The quantitative estimate of drug-likeness (QED) is 0.0636. The van der Waals surface area contributed by atoms with Gasteiger partial charge < -0.3 is 80.9 Å². The Morgan fingerprint density at radius 3 is 1.48 bits per heavy atom. The van der Waals surface area contributed by atoms with Crippen LogP contribution in [0.3, 0.4) is 0 Å². The Kier molecular flexibility index (Phi) is 42.2. The molecule has 1 aliphatic rings. The molecule has 0 aliphatic carbocycles. The monoisotopic (exact) mass is 1620 g/mol. The smallest absolute Gasteiger partial charge is 0.390 e. The first-order chi connectivity index (χ1) is 44.0. The molecular formula is C72H122N11O13WY-. The van der Waals surface area contributed by atoms with Crippen molar-refractivity contribution < 1.29 is 116 Å². The van der Waals surface area contributed by atoms with Crippen LogP contribution in [0.2, 0.25) is 0 Å². The van der Waals surface area contributed by atoms with Crippen molar-refractivity contribution in [1.29, 1.82) is 0 Å². The first-order valence-electron chi connectivity index (χ1n) is 33.9. The number of carbonyl (C=O) groups excluding carboxylic acids is 12. The van der Waals surface area contributed by atoms with Crippen molar-refractivity contribution >= 4 is 70.8 Å². The predicted molar refractivity (Wildman–Crippen MR) is 373 cm³/mol. The number of unbranched alkanes of at least 4 members (excludes halogenated alkanes) is 1. The number of rotatable bonds is 19. The average Bonchev–Trinajstić information content (AvgIpc) is 0.804. The van der Waals surface area contributed by atoms with Crippen LogP contribution in [0.5, 0.6) is 0 Å². The molecule has 5 N–H and O–H groups in total. The van der Waals surface area contributed by atoms with E-state index in [1.807, 2.05) is 66.7 Å². The fraction of sp³-hybridized carbons (Fsp3) is 0.708. The van der Waals surface area contributed by atoms with E-state index in [9.17, 15) is 43.5 Å². The number of hydrogen-bond donors (Lipinski definition) is 5. The molecule has 553 valence electrons. The first kappa shape index (κ1) is 94.9. The van der Waals surface area contributed by atoms with Crippen LogP contribution in [-0.2, 0) is 107 Å². The Balaban J connectivity index is 0. The molecule has 0 aromatic heterocycles. The van der Waals surface area contributed by atoms with Crippen LogP contribution >= 0.6 is 0 Å². The van der Waals surface area contributed by atoms with Gasteiger partial charge in [-0.1, -0.05) is 113 Å². The molecule has 24 nitrogen and oxygen atoms in total. The standard InChI is InChI=1S/C71H119N11O13.CH3.W.Y/c1-26-51-67(91)76(19)49(18)66(90)77(20)53(35-40(4)5)63(87)75-57(43(10)11)70(94)78(21)52(34-39(2)3)62(86)72-47(16)61(85)73-48(17)65(89)79(22)54(36-41(6)7)68(92)80(23)55(37-42(8)9)69(93)81(24)58(44(12)13)71(95)82(25)59(64(88)74-51)60(84)46(15)31-27-28-33-56(83)50-32-29-30-45(14)38-50;;;/h29-30,32,38-39,41-44,46-49,51-55,57-60,84H,18,26-28,31,33-37H2,1-17,19-25H3,(H,72,86)(H,73,85)(H,74,88)(H,75,87);1H3;;/q-2;-1;+2;/t46-,47+,48-,49-,51+,52+,53+,54+,55+,57+,58+,59+,60-;;;/m1.../s1. The van der Waals surface area contributed by atoms with Gasteiger partial charge in [-0.3, -0.25) is 57.5 Å². The summed E-state index contributed by atoms with van der Waals surface area (Å²) in [4.78, 5) is 184. The number of likely N-dealkylation sites (N-methyl/N-ethyl adjacent to an activating group) is 7. The van der Waals surface area contributed by atoms with E-state index < -0.39 is 155 Å². The van der Waals surface area contributed by atoms with Crippen molar-refractivity contribution in [2.75, 3.05) is 49.3 Å². The zero-order valence-electron chi connectivity index (χ0n) is 63.7. The van der Waals surface area contributed by atoms with E-state index in [0.29, 0.717) is 24.8 Å². The molecule has 2 rings (SSSR count). The van der Waals surface area contributed by atoms with Gasteiger partial charge in [0.05, 0.1) is 12.1 Å². The Bertz CT molecular complexity index is 2820. The van der Waals surface area contributed by atoms with Gasteiger partial charge in [0.1, 0.15) is 54.4 Å². The number of hydrogen-bond acceptors (Lipinski definition) is 13. The van der Waals surface area contributed by atoms with Crippen LogP contribution in [0.15, 0.2) is 24.3 Å². The maximum Gasteiger partial charge on any atom is 2.00 e. The second-order valence-electron chi connectivity index (χ2n) is 28.8. The van der Waals surface area contributed by atoms with Gasteiger partial charge in [-0.05, 0) is 107 Å². The zero-order chi connectivity index (χ0) is 73.1. The summed E-state index contributed by atoms with van der Waals surface area (Å²) < 4.78 is 0. The van der Waals surface area contributed by atoms with E-state index >= 15 is 19.2 Å². The van der Waals surface area contributed by atoms with Crippen molar-refractivity contribution in [3.63, 3.8) is 0 Å². The van der Waals surface area contributed by atoms with Gasteiger partial charge >= 0.3 is 21.1 Å². The first-order valence-corrected chi connectivity index (χ1v) is 33.9. The van der Waals surface area contributed by atoms with Gasteiger partial charge in [-0.15, -0.1) is 6.42 Å². The summed E-state index contributed by atoms with van der Waals surface area (Å²) in [6, 6.07) is -7.11. The third-order valence-corrected chi connectivity index (χ3v) is 18.2. The van der Waals surface area contributed by atoms with Crippen LogP contribution in [0.1, 0.15) is 184 Å². The number of ketones is 1. The SMILES string of the molecule is [CH2-][C@@H]1C(=O)N(C)[C@@H](C[C-](C)C)C(=O)N[C@@H](C(C)C)C(=O)N(C)[C@@H](CC(C)C)C(=O)N[C@@H](C)C(=O)N[C@H](C)C(=O)N(C)[C@@H](CC(C)C)C(=O)N(C)[C@@H](CC(C)C)C(=O)N(C)[C@@H](C(C)C)C(=O)N(C)[C@@H]([C@H](O)[C@H](C)CCCCC(=O)c2cccc(C)c2)C(=O)N[C@@H](CC)C(=O)N1C.[CH3-].[W+2].[Y]. The van der Waals surface area contributed by atoms with Gasteiger partial charge in [-0.2, -0.15) is 13.8 Å². The molecule has 1 aliphatic heterocycles. The maximum atomic E-state index is 15.4. The van der Waals surface area contributed by atoms with Gasteiger partial charge in [0.15, 0.2) is 5.78 Å². The molecule has 0 bridgehead atoms. The summed E-state index contributed by atoms with van der Waals surface area (Å²) in [5, 5.41) is 23.4. The van der Waals surface area contributed by atoms with Crippen molar-refractivity contribution in [3.05, 3.63) is 55.7 Å². The molecular weight excluding hydrogens is 1500 g/mol. The molecule has 1 saturated heterocycles. The number of aliphatic hydroxyl groups excluding tert-OH is 1. The molecule has 13 atom stereocenters. The van der Waals surface area contributed by atoms with E-state index in [1.165, 1.54) is 82.8 Å². The summed E-state index contributed by atoms with van der Waals surface area (Å²) >= 11 is 0. The Morgan fingerprint density at radius 2 is 1.00 bits per heavy atom. The summed E-state index contributed by atoms with van der Waals surface area (Å²) in [5.41, 5.74) is 1.51. The zero-order valence-corrected chi connectivity index (χ0v) is 69.5. The second kappa shape index (κ2) is 43.6. The van der Waals surface area contributed by atoms with Crippen molar-refractivity contribution in [2.24, 2.45) is 35.5 Å². The Morgan fingerprint density at radius 1 is 0.541 bits per heavy atom. The fourth-order valence-corrected chi connectivity index (χ4v) is 12.1. The number of nitrogens with zero attached hydrogens (tertiary/aromatic N) is 7. The second-order valence-corrected chi connectivity index (χ2v) is 28.8. The predicted octanol–water partition coefficient (Wildman–Crippen LogP) is 5.66. The Hall–Kier alpha value is -5.19. The van der Waals surface area contributed by atoms with E-state index in [2.05, 4.69) is 28.2 Å². The van der Waals surface area contributed by atoms with Crippen molar-refractivity contribution in [2.45, 2.75) is 248 Å². The van der Waals surface area contributed by atoms with E-state index in [4.69, 9.17) is 0 Å². The van der Waals surface area contributed by atoms with Crippen molar-refractivity contribution in [1.82, 2.24) is 55.6 Å². The molecule has 26 heteroatoms. The third-order valence-electron chi connectivity index (χ3n) is 18.2. The summed E-state index contributed by atoms with van der Waals surface area (Å²) in [6.07, 6.45) is 0.194. The minimum Gasteiger partial charge on any atom is -0.390 e. The van der Waals surface area contributed by atoms with E-state index in [0.717, 1.165) is 26.2 Å². The van der Waals surface area contributed by atoms with Crippen LogP contribution in [0, 0.1) is 62.7 Å². The molecule has 1 aromatic rings. The largest absolute Gasteiger partial charge is 2.00 e. The van der Waals surface area contributed by atoms with Crippen LogP contribution < -0.4 is 21.3 Å². The van der Waals surface area contributed by atoms with Gasteiger partial charge in [-0.25, -0.2) is 0 Å². The molecule has 1 heterocycles. The van der Waals surface area contributed by atoms with Crippen LogP contribution in [-0.4, -0.2) is 232 Å². The van der Waals surface area contributed by atoms with Gasteiger partial charge in [0.2, 0.25) is 65.0 Å². The molecule has 98 heavy (non-hydrogen) atoms. The molecule has 1 fully saturated rings. The number of benzene rings is 1. The molecule has 1 radical (unpaired) electrons. The third kappa shape index (κ3) is 26.6. The van der Waals surface area contributed by atoms with Gasteiger partial charge in [0.25, 0.3) is 0 Å². The van der Waals surface area contributed by atoms with E-state index in [1.54, 1.807) is 61.5 Å². The summed E-state index contributed by atoms with van der Waals surface area (Å²) in [7, 11) is 9.75. The normalized spacial score (nSPS) is 25.2. The van der Waals surface area contributed by atoms with Crippen molar-refractivity contribution in [3.8, 4) is 0 Å². The van der Waals surface area contributed by atoms with Crippen LogP contribution in [0.4, 0.5) is 0 Å². The number of aryl methyl sites for hydroxylation is 1. The Labute approximate surface area is 627 Å².